The second-order valence-electron chi connectivity index (χ2n) is 5.82. The minimum absolute atomic E-state index is 0.148. The standard InChI is InChI=1S/C20H20N4O/c1-23(15-16-9-5-3-6-10-16)20(25)18-13-14-19(22-21-18)24(2)17-11-7-4-8-12-17/h3-14H,15H2,1-2H3. The van der Waals surface area contributed by atoms with Crippen LogP contribution in [-0.4, -0.2) is 35.1 Å². The first-order valence-electron chi connectivity index (χ1n) is 8.07. The molecule has 3 rings (SSSR count). The lowest BCUT2D eigenvalue weighted by atomic mass is 10.2. The van der Waals surface area contributed by atoms with Crippen LogP contribution in [0.25, 0.3) is 0 Å². The Hall–Kier alpha value is -3.21. The molecule has 5 heteroatoms. The monoisotopic (exact) mass is 332 g/mol. The maximum atomic E-state index is 12.5. The van der Waals surface area contributed by atoms with E-state index in [1.807, 2.05) is 78.7 Å². The van der Waals surface area contributed by atoms with Crippen molar-refractivity contribution in [3.05, 3.63) is 84.1 Å². The Balaban J connectivity index is 1.70. The Morgan fingerprint density at radius 1 is 0.840 bits per heavy atom. The summed E-state index contributed by atoms with van der Waals surface area (Å²) in [6.07, 6.45) is 0. The van der Waals surface area contributed by atoms with Crippen molar-refractivity contribution in [1.82, 2.24) is 15.1 Å². The summed E-state index contributed by atoms with van der Waals surface area (Å²) in [5.74, 6) is 0.540. The van der Waals surface area contributed by atoms with E-state index >= 15 is 0 Å². The molecular formula is C20H20N4O. The molecule has 2 aromatic carbocycles. The molecule has 3 aromatic rings. The highest BCUT2D eigenvalue weighted by Crippen LogP contribution is 2.20. The number of hydrogen-bond acceptors (Lipinski definition) is 4. The third kappa shape index (κ3) is 4.01. The molecule has 1 heterocycles. The fraction of sp³-hybridized carbons (Fsp3) is 0.150. The molecule has 126 valence electrons. The lowest BCUT2D eigenvalue weighted by Crippen LogP contribution is -2.27. The number of hydrogen-bond donors (Lipinski definition) is 0. The predicted octanol–water partition coefficient (Wildman–Crippen LogP) is 3.52. The van der Waals surface area contributed by atoms with Crippen molar-refractivity contribution in [2.75, 3.05) is 19.0 Å². The van der Waals surface area contributed by atoms with Crippen LogP contribution in [0.2, 0.25) is 0 Å². The minimum Gasteiger partial charge on any atom is -0.336 e. The van der Waals surface area contributed by atoms with Crippen LogP contribution >= 0.6 is 0 Å². The SMILES string of the molecule is CN(Cc1ccccc1)C(=O)c1ccc(N(C)c2ccccc2)nn1. The second kappa shape index (κ2) is 7.57. The normalized spacial score (nSPS) is 10.3. The van der Waals surface area contributed by atoms with Crippen molar-refractivity contribution in [2.45, 2.75) is 6.54 Å². The van der Waals surface area contributed by atoms with Crippen molar-refractivity contribution < 1.29 is 4.79 Å². The van der Waals surface area contributed by atoms with E-state index in [1.54, 1.807) is 18.0 Å². The van der Waals surface area contributed by atoms with Gasteiger partial charge in [-0.05, 0) is 29.8 Å². The Morgan fingerprint density at radius 3 is 2.08 bits per heavy atom. The quantitative estimate of drug-likeness (QED) is 0.717. The van der Waals surface area contributed by atoms with E-state index in [-0.39, 0.29) is 5.91 Å². The van der Waals surface area contributed by atoms with Crippen molar-refractivity contribution in [2.24, 2.45) is 0 Å². The zero-order chi connectivity index (χ0) is 17.6. The fourth-order valence-corrected chi connectivity index (χ4v) is 2.53. The van der Waals surface area contributed by atoms with E-state index in [2.05, 4.69) is 10.2 Å². The highest BCUT2D eigenvalue weighted by atomic mass is 16.2. The van der Waals surface area contributed by atoms with E-state index < -0.39 is 0 Å². The molecule has 0 aliphatic rings. The predicted molar refractivity (Wildman–Crippen MR) is 98.8 cm³/mol. The van der Waals surface area contributed by atoms with Crippen molar-refractivity contribution >= 4 is 17.4 Å². The van der Waals surface area contributed by atoms with Crippen LogP contribution in [0.15, 0.2) is 72.8 Å². The van der Waals surface area contributed by atoms with Gasteiger partial charge >= 0.3 is 0 Å². The number of para-hydroxylation sites is 1. The Morgan fingerprint density at radius 2 is 1.48 bits per heavy atom. The van der Waals surface area contributed by atoms with E-state index in [1.165, 1.54) is 0 Å². The van der Waals surface area contributed by atoms with E-state index in [4.69, 9.17) is 0 Å². The Bertz CT molecular complexity index is 819. The smallest absolute Gasteiger partial charge is 0.274 e. The van der Waals surface area contributed by atoms with Crippen LogP contribution in [0.4, 0.5) is 11.5 Å². The maximum Gasteiger partial charge on any atom is 0.274 e. The first-order chi connectivity index (χ1) is 12.1. The van der Waals surface area contributed by atoms with Gasteiger partial charge in [0, 0.05) is 26.3 Å². The van der Waals surface area contributed by atoms with Gasteiger partial charge in [-0.25, -0.2) is 0 Å². The molecule has 0 atom stereocenters. The van der Waals surface area contributed by atoms with Gasteiger partial charge in [0.25, 0.3) is 5.91 Å². The molecule has 0 spiro atoms. The van der Waals surface area contributed by atoms with Gasteiger partial charge in [-0.3, -0.25) is 4.79 Å². The summed E-state index contributed by atoms with van der Waals surface area (Å²) in [4.78, 5) is 16.1. The van der Waals surface area contributed by atoms with Gasteiger partial charge < -0.3 is 9.80 Å². The lowest BCUT2D eigenvalue weighted by molar-refractivity contribution is 0.0778. The van der Waals surface area contributed by atoms with E-state index in [0.29, 0.717) is 18.1 Å². The lowest BCUT2D eigenvalue weighted by Gasteiger charge is -2.19. The molecule has 0 saturated carbocycles. The van der Waals surface area contributed by atoms with Gasteiger partial charge in [0.2, 0.25) is 0 Å². The molecule has 0 N–H and O–H groups in total. The molecule has 0 unspecified atom stereocenters. The first kappa shape index (κ1) is 16.6. The van der Waals surface area contributed by atoms with Crippen LogP contribution in [0.5, 0.6) is 0 Å². The van der Waals surface area contributed by atoms with Crippen molar-refractivity contribution in [1.29, 1.82) is 0 Å². The summed E-state index contributed by atoms with van der Waals surface area (Å²) in [7, 11) is 3.68. The molecule has 0 aliphatic heterocycles. The van der Waals surface area contributed by atoms with Crippen molar-refractivity contribution in [3.8, 4) is 0 Å². The number of benzene rings is 2. The molecule has 1 amide bonds. The summed E-state index contributed by atoms with van der Waals surface area (Å²) >= 11 is 0. The summed E-state index contributed by atoms with van der Waals surface area (Å²) in [6, 6.07) is 23.3. The van der Waals surface area contributed by atoms with Gasteiger partial charge in [-0.15, -0.1) is 10.2 Å². The number of rotatable bonds is 5. The topological polar surface area (TPSA) is 49.3 Å². The molecular weight excluding hydrogens is 312 g/mol. The first-order valence-corrected chi connectivity index (χ1v) is 8.07. The Labute approximate surface area is 147 Å². The van der Waals surface area contributed by atoms with Gasteiger partial charge in [-0.1, -0.05) is 48.5 Å². The van der Waals surface area contributed by atoms with Crippen LogP contribution in [0, 0.1) is 0 Å². The number of aromatic nitrogens is 2. The average molecular weight is 332 g/mol. The third-order valence-corrected chi connectivity index (χ3v) is 3.97. The van der Waals surface area contributed by atoms with Crippen LogP contribution in [-0.2, 0) is 6.54 Å². The summed E-state index contributed by atoms with van der Waals surface area (Å²) < 4.78 is 0. The average Bonchev–Trinajstić information content (AvgIpc) is 2.68. The number of anilines is 2. The fourth-order valence-electron chi connectivity index (χ4n) is 2.53. The number of nitrogens with zero attached hydrogens (tertiary/aromatic N) is 4. The number of carbonyl (C=O) groups excluding carboxylic acids is 1. The van der Waals surface area contributed by atoms with Crippen LogP contribution in [0.3, 0.4) is 0 Å². The molecule has 0 bridgehead atoms. The molecule has 5 nitrogen and oxygen atoms in total. The summed E-state index contributed by atoms with van der Waals surface area (Å²) in [5, 5.41) is 8.30. The molecule has 1 aromatic heterocycles. The zero-order valence-electron chi connectivity index (χ0n) is 14.3. The zero-order valence-corrected chi connectivity index (χ0v) is 14.3. The molecule has 0 radical (unpaired) electrons. The minimum atomic E-state index is -0.148. The van der Waals surface area contributed by atoms with Gasteiger partial charge in [0.05, 0.1) is 0 Å². The van der Waals surface area contributed by atoms with E-state index in [0.717, 1.165) is 11.3 Å². The summed E-state index contributed by atoms with van der Waals surface area (Å²) in [6.45, 7) is 0.535. The van der Waals surface area contributed by atoms with Gasteiger partial charge in [0.15, 0.2) is 11.5 Å². The van der Waals surface area contributed by atoms with Crippen LogP contribution in [0.1, 0.15) is 16.1 Å². The van der Waals surface area contributed by atoms with Gasteiger partial charge in [0.1, 0.15) is 0 Å². The molecule has 0 saturated heterocycles. The highest BCUT2D eigenvalue weighted by molar-refractivity contribution is 5.92. The Kier molecular flexibility index (Phi) is 5.04. The largest absolute Gasteiger partial charge is 0.336 e. The number of carbonyl (C=O) groups is 1. The molecule has 0 fully saturated rings. The molecule has 25 heavy (non-hydrogen) atoms. The van der Waals surface area contributed by atoms with Crippen LogP contribution < -0.4 is 4.90 Å². The number of amides is 1. The molecule has 0 aliphatic carbocycles. The third-order valence-electron chi connectivity index (χ3n) is 3.97. The van der Waals surface area contributed by atoms with Crippen molar-refractivity contribution in [3.63, 3.8) is 0 Å². The second-order valence-corrected chi connectivity index (χ2v) is 5.82. The maximum absolute atomic E-state index is 12.5. The summed E-state index contributed by atoms with van der Waals surface area (Å²) in [5.41, 5.74) is 2.42. The van der Waals surface area contributed by atoms with E-state index in [9.17, 15) is 4.79 Å². The highest BCUT2D eigenvalue weighted by Gasteiger charge is 2.15. The van der Waals surface area contributed by atoms with Gasteiger partial charge in [-0.2, -0.15) is 0 Å².